The number of anilines is 4. The Morgan fingerprint density at radius 2 is 1.90 bits per heavy atom. The van der Waals surface area contributed by atoms with Gasteiger partial charge in [0.1, 0.15) is 5.82 Å². The number of pyridine rings is 1. The topological polar surface area (TPSA) is 90.3 Å². The molecule has 0 aliphatic carbocycles. The molecule has 0 bridgehead atoms. The molecule has 3 aromatic rings. The number of nitrogens with one attached hydrogen (secondary N) is 2. The number of nitriles is 1. The minimum Gasteiger partial charge on any atom is -0.378 e. The first kappa shape index (κ1) is 19.4. The van der Waals surface area contributed by atoms with Gasteiger partial charge in [0.05, 0.1) is 36.2 Å². The molecule has 0 spiro atoms. The van der Waals surface area contributed by atoms with Crippen molar-refractivity contribution in [2.24, 2.45) is 0 Å². The summed E-state index contributed by atoms with van der Waals surface area (Å²) in [4.78, 5) is 19.3. The number of aromatic nitrogens is 1. The summed E-state index contributed by atoms with van der Waals surface area (Å²) in [6.07, 6.45) is 1.60. The lowest BCUT2D eigenvalue weighted by Gasteiger charge is -2.30. The predicted molar refractivity (Wildman–Crippen MR) is 116 cm³/mol. The van der Waals surface area contributed by atoms with Gasteiger partial charge in [-0.15, -0.1) is 0 Å². The van der Waals surface area contributed by atoms with Gasteiger partial charge in [0.15, 0.2) is 0 Å². The Morgan fingerprint density at radius 3 is 2.73 bits per heavy atom. The van der Waals surface area contributed by atoms with E-state index in [0.717, 1.165) is 24.5 Å². The molecular weight excluding hydrogens is 378 g/mol. The molecule has 4 rings (SSSR count). The molecule has 7 nitrogen and oxygen atoms in total. The van der Waals surface area contributed by atoms with Crippen molar-refractivity contribution in [3.63, 3.8) is 0 Å². The fourth-order valence-corrected chi connectivity index (χ4v) is 3.31. The zero-order valence-electron chi connectivity index (χ0n) is 16.3. The first-order chi connectivity index (χ1) is 14.7. The Kier molecular flexibility index (Phi) is 5.88. The molecular formula is C23H21N5O2. The van der Waals surface area contributed by atoms with E-state index < -0.39 is 0 Å². The normalized spacial score (nSPS) is 13.4. The van der Waals surface area contributed by atoms with Gasteiger partial charge in [-0.25, -0.2) is 4.98 Å². The maximum absolute atomic E-state index is 12.7. The van der Waals surface area contributed by atoms with Crippen LogP contribution in [0.2, 0.25) is 0 Å². The van der Waals surface area contributed by atoms with Crippen LogP contribution in [0.1, 0.15) is 15.9 Å². The van der Waals surface area contributed by atoms with Crippen LogP contribution in [0.25, 0.3) is 0 Å². The van der Waals surface area contributed by atoms with Crippen LogP contribution in [-0.2, 0) is 4.74 Å². The summed E-state index contributed by atoms with van der Waals surface area (Å²) in [7, 11) is 0. The average molecular weight is 399 g/mol. The number of amides is 1. The zero-order chi connectivity index (χ0) is 20.8. The van der Waals surface area contributed by atoms with Crippen LogP contribution in [0, 0.1) is 11.3 Å². The third-order valence-corrected chi connectivity index (χ3v) is 4.79. The number of morpholine rings is 1. The van der Waals surface area contributed by atoms with Crippen LogP contribution in [0.4, 0.5) is 22.9 Å². The van der Waals surface area contributed by atoms with E-state index >= 15 is 0 Å². The maximum Gasteiger partial charge on any atom is 0.255 e. The first-order valence-electron chi connectivity index (χ1n) is 9.69. The summed E-state index contributed by atoms with van der Waals surface area (Å²) in [5.41, 5.74) is 3.53. The second-order valence-corrected chi connectivity index (χ2v) is 6.82. The third-order valence-electron chi connectivity index (χ3n) is 4.79. The molecule has 1 saturated heterocycles. The van der Waals surface area contributed by atoms with Crippen molar-refractivity contribution in [2.75, 3.05) is 41.8 Å². The number of nitrogens with zero attached hydrogens (tertiary/aromatic N) is 3. The van der Waals surface area contributed by atoms with Gasteiger partial charge in [-0.2, -0.15) is 5.26 Å². The van der Waals surface area contributed by atoms with Crippen molar-refractivity contribution in [1.82, 2.24) is 4.98 Å². The lowest BCUT2D eigenvalue weighted by molar-refractivity contribution is 0.102. The molecule has 2 N–H and O–H groups in total. The Labute approximate surface area is 174 Å². The zero-order valence-corrected chi connectivity index (χ0v) is 16.3. The summed E-state index contributed by atoms with van der Waals surface area (Å²) >= 11 is 0. The van der Waals surface area contributed by atoms with E-state index in [2.05, 4.69) is 32.7 Å². The van der Waals surface area contributed by atoms with E-state index in [0.29, 0.717) is 35.8 Å². The largest absolute Gasteiger partial charge is 0.378 e. The van der Waals surface area contributed by atoms with Crippen LogP contribution in [0.3, 0.4) is 0 Å². The summed E-state index contributed by atoms with van der Waals surface area (Å²) in [6, 6.07) is 20.3. The fraction of sp³-hybridized carbons (Fsp3) is 0.174. The Bertz CT molecular complexity index is 1090. The lowest BCUT2D eigenvalue weighted by atomic mass is 10.2. The quantitative estimate of drug-likeness (QED) is 0.678. The van der Waals surface area contributed by atoms with Gasteiger partial charge < -0.3 is 20.3 Å². The van der Waals surface area contributed by atoms with E-state index in [1.165, 1.54) is 0 Å². The van der Waals surface area contributed by atoms with Crippen LogP contribution in [-0.4, -0.2) is 37.2 Å². The van der Waals surface area contributed by atoms with Crippen molar-refractivity contribution >= 4 is 28.8 Å². The lowest BCUT2D eigenvalue weighted by Crippen LogP contribution is -2.36. The van der Waals surface area contributed by atoms with Crippen LogP contribution in [0.5, 0.6) is 0 Å². The highest BCUT2D eigenvalue weighted by Crippen LogP contribution is 2.29. The highest BCUT2D eigenvalue weighted by atomic mass is 16.5. The molecule has 150 valence electrons. The van der Waals surface area contributed by atoms with E-state index in [1.807, 2.05) is 18.2 Å². The molecule has 0 radical (unpaired) electrons. The number of carbonyl (C=O) groups excluding carboxylic acids is 1. The van der Waals surface area contributed by atoms with Gasteiger partial charge in [0.25, 0.3) is 5.91 Å². The van der Waals surface area contributed by atoms with Crippen LogP contribution >= 0.6 is 0 Å². The number of hydrogen-bond acceptors (Lipinski definition) is 6. The number of rotatable bonds is 5. The van der Waals surface area contributed by atoms with Crippen molar-refractivity contribution in [2.45, 2.75) is 0 Å². The highest BCUT2D eigenvalue weighted by molar-refractivity contribution is 6.04. The average Bonchev–Trinajstić information content (AvgIpc) is 2.80. The van der Waals surface area contributed by atoms with Gasteiger partial charge in [-0.3, -0.25) is 4.79 Å². The predicted octanol–water partition coefficient (Wildman–Crippen LogP) is 3.79. The van der Waals surface area contributed by atoms with Crippen LogP contribution in [0.15, 0.2) is 66.9 Å². The van der Waals surface area contributed by atoms with Gasteiger partial charge in [-0.05, 0) is 42.5 Å². The molecule has 1 amide bonds. The number of benzene rings is 2. The second-order valence-electron chi connectivity index (χ2n) is 6.82. The summed E-state index contributed by atoms with van der Waals surface area (Å²) in [5.74, 6) is 0.311. The molecule has 2 aromatic carbocycles. The maximum atomic E-state index is 12.7. The molecule has 7 heteroatoms. The van der Waals surface area contributed by atoms with Crippen molar-refractivity contribution in [3.8, 4) is 6.07 Å². The standard InChI is InChI=1S/C23H21N5O2/c24-16-17-4-3-5-19(14-17)26-23(29)18-8-9-25-22(15-18)27-20-6-1-2-7-21(20)28-10-12-30-13-11-28/h1-9,14-15H,10-13H2,(H,25,27)(H,26,29). The highest BCUT2D eigenvalue weighted by Gasteiger charge is 2.15. The number of para-hydroxylation sites is 2. The summed E-state index contributed by atoms with van der Waals surface area (Å²) < 4.78 is 5.45. The smallest absolute Gasteiger partial charge is 0.255 e. The molecule has 2 heterocycles. The Hall–Kier alpha value is -3.89. The van der Waals surface area contributed by atoms with Gasteiger partial charge >= 0.3 is 0 Å². The van der Waals surface area contributed by atoms with Crippen molar-refractivity contribution < 1.29 is 9.53 Å². The molecule has 1 fully saturated rings. The third kappa shape index (κ3) is 4.57. The minimum absolute atomic E-state index is 0.267. The molecule has 0 unspecified atom stereocenters. The second kappa shape index (κ2) is 9.07. The Balaban J connectivity index is 1.51. The number of hydrogen-bond donors (Lipinski definition) is 2. The molecule has 1 aromatic heterocycles. The van der Waals surface area contributed by atoms with E-state index in [1.54, 1.807) is 42.6 Å². The van der Waals surface area contributed by atoms with Gasteiger partial charge in [-0.1, -0.05) is 18.2 Å². The van der Waals surface area contributed by atoms with E-state index in [9.17, 15) is 4.79 Å². The molecule has 30 heavy (non-hydrogen) atoms. The molecule has 0 saturated carbocycles. The molecule has 1 aliphatic heterocycles. The number of carbonyl (C=O) groups is 1. The monoisotopic (exact) mass is 399 g/mol. The van der Waals surface area contributed by atoms with Gasteiger partial charge in [0, 0.05) is 30.5 Å². The molecule has 1 aliphatic rings. The van der Waals surface area contributed by atoms with Gasteiger partial charge in [0.2, 0.25) is 0 Å². The van der Waals surface area contributed by atoms with Crippen LogP contribution < -0.4 is 15.5 Å². The van der Waals surface area contributed by atoms with Crippen molar-refractivity contribution in [1.29, 1.82) is 5.26 Å². The van der Waals surface area contributed by atoms with E-state index in [4.69, 9.17) is 10.00 Å². The summed E-state index contributed by atoms with van der Waals surface area (Å²) in [5, 5.41) is 15.2. The van der Waals surface area contributed by atoms with Crippen molar-refractivity contribution in [3.05, 3.63) is 78.0 Å². The van der Waals surface area contributed by atoms with E-state index in [-0.39, 0.29) is 5.91 Å². The summed E-state index contributed by atoms with van der Waals surface area (Å²) in [6.45, 7) is 3.07. The Morgan fingerprint density at radius 1 is 1.07 bits per heavy atom. The SMILES string of the molecule is N#Cc1cccc(NC(=O)c2ccnc(Nc3ccccc3N3CCOCC3)c2)c1. The minimum atomic E-state index is -0.267. The number of ether oxygens (including phenoxy) is 1. The fourth-order valence-electron chi connectivity index (χ4n) is 3.31. The first-order valence-corrected chi connectivity index (χ1v) is 9.69. The molecule has 0 atom stereocenters.